The van der Waals surface area contributed by atoms with Gasteiger partial charge in [0, 0.05) is 24.6 Å². The van der Waals surface area contributed by atoms with Crippen molar-refractivity contribution < 1.29 is 9.47 Å². The van der Waals surface area contributed by atoms with Gasteiger partial charge in [0.05, 0.1) is 17.1 Å². The number of ether oxygens (including phenoxy) is 2. The van der Waals surface area contributed by atoms with E-state index in [4.69, 9.17) is 14.6 Å². The molecule has 1 aliphatic heterocycles. The van der Waals surface area contributed by atoms with Gasteiger partial charge in [-0.2, -0.15) is 10.4 Å². The monoisotopic (exact) mass is 495 g/mol. The Hall–Kier alpha value is -3.62. The van der Waals surface area contributed by atoms with Crippen LogP contribution < -0.4 is 0 Å². The van der Waals surface area contributed by atoms with Gasteiger partial charge in [0.2, 0.25) is 0 Å². The van der Waals surface area contributed by atoms with Gasteiger partial charge in [-0.25, -0.2) is 0 Å². The summed E-state index contributed by atoms with van der Waals surface area (Å²) in [6.07, 6.45) is 8.65. The van der Waals surface area contributed by atoms with Crippen LogP contribution in [0.2, 0.25) is 0 Å². The van der Waals surface area contributed by atoms with E-state index in [-0.39, 0.29) is 6.04 Å². The van der Waals surface area contributed by atoms with Crippen molar-refractivity contribution in [3.05, 3.63) is 89.4 Å². The van der Waals surface area contributed by atoms with E-state index in [0.29, 0.717) is 18.1 Å². The highest BCUT2D eigenvalue weighted by Crippen LogP contribution is 2.34. The minimum atomic E-state index is 0.217. The van der Waals surface area contributed by atoms with Crippen molar-refractivity contribution in [1.82, 2.24) is 9.78 Å². The second-order valence-corrected chi connectivity index (χ2v) is 9.79. The molecular formula is C32H37N3O2. The maximum absolute atomic E-state index is 9.74. The minimum absolute atomic E-state index is 0.217. The Morgan fingerprint density at radius 3 is 2.65 bits per heavy atom. The molecule has 4 rings (SSSR count). The predicted molar refractivity (Wildman–Crippen MR) is 150 cm³/mol. The van der Waals surface area contributed by atoms with Crippen molar-refractivity contribution >= 4 is 10.9 Å². The summed E-state index contributed by atoms with van der Waals surface area (Å²) in [7, 11) is 0. The number of fused-ring (bicyclic) bond motifs is 1. The van der Waals surface area contributed by atoms with Gasteiger partial charge in [-0.15, -0.1) is 0 Å². The molecule has 0 radical (unpaired) electrons. The van der Waals surface area contributed by atoms with Crippen LogP contribution in [-0.2, 0) is 16.1 Å². The minimum Gasteiger partial charge on any atom is -0.487 e. The van der Waals surface area contributed by atoms with E-state index in [1.807, 2.05) is 37.3 Å². The lowest BCUT2D eigenvalue weighted by Crippen LogP contribution is -2.14. The lowest BCUT2D eigenvalue weighted by atomic mass is 9.88. The van der Waals surface area contributed by atoms with Crippen LogP contribution in [0.3, 0.4) is 0 Å². The normalized spacial score (nSPS) is 15.2. The summed E-state index contributed by atoms with van der Waals surface area (Å²) >= 11 is 0. The van der Waals surface area contributed by atoms with Crippen molar-refractivity contribution in [2.24, 2.45) is 0 Å². The molecule has 1 saturated heterocycles. The van der Waals surface area contributed by atoms with Crippen LogP contribution in [0.5, 0.6) is 0 Å². The SMILES string of the molecule is C=C/C(CC)=C(\C=C/C)OCc1nn(C(C)C)c2ccc(-c3cc(C#N)cc(C4CCOCC4)c3)cc12. The van der Waals surface area contributed by atoms with Crippen LogP contribution in [0.4, 0.5) is 0 Å². The van der Waals surface area contributed by atoms with Crippen molar-refractivity contribution in [3.8, 4) is 17.2 Å². The average molecular weight is 496 g/mol. The molecule has 0 bridgehead atoms. The first-order valence-electron chi connectivity index (χ1n) is 13.2. The van der Waals surface area contributed by atoms with Gasteiger partial charge < -0.3 is 9.47 Å². The number of nitriles is 1. The molecule has 0 N–H and O–H groups in total. The van der Waals surface area contributed by atoms with E-state index in [0.717, 1.165) is 71.5 Å². The number of rotatable bonds is 9. The Balaban J connectivity index is 1.76. The van der Waals surface area contributed by atoms with Gasteiger partial charge in [0.1, 0.15) is 18.1 Å². The summed E-state index contributed by atoms with van der Waals surface area (Å²) in [6, 6.07) is 15.3. The number of hydrogen-bond acceptors (Lipinski definition) is 4. The number of allylic oxidation sites excluding steroid dienone is 4. The van der Waals surface area contributed by atoms with Gasteiger partial charge >= 0.3 is 0 Å². The fourth-order valence-electron chi connectivity index (χ4n) is 5.00. The highest BCUT2D eigenvalue weighted by atomic mass is 16.5. The third-order valence-electron chi connectivity index (χ3n) is 7.01. The number of nitrogens with zero attached hydrogens (tertiary/aromatic N) is 3. The fourth-order valence-corrected chi connectivity index (χ4v) is 5.00. The van der Waals surface area contributed by atoms with Crippen LogP contribution in [0.1, 0.15) is 75.7 Å². The summed E-state index contributed by atoms with van der Waals surface area (Å²) in [5, 5.41) is 15.8. The first-order chi connectivity index (χ1) is 18.0. The van der Waals surface area contributed by atoms with Crippen LogP contribution in [0.25, 0.3) is 22.0 Å². The molecule has 0 spiro atoms. The molecule has 2 heterocycles. The Morgan fingerprint density at radius 2 is 2.00 bits per heavy atom. The molecule has 3 aromatic rings. The zero-order chi connectivity index (χ0) is 26.4. The van der Waals surface area contributed by atoms with E-state index in [9.17, 15) is 5.26 Å². The molecule has 0 amide bonds. The lowest BCUT2D eigenvalue weighted by molar-refractivity contribution is 0.0853. The Kier molecular flexibility index (Phi) is 8.63. The molecule has 1 fully saturated rings. The Morgan fingerprint density at radius 1 is 1.22 bits per heavy atom. The molecule has 5 heteroatoms. The van der Waals surface area contributed by atoms with Crippen LogP contribution >= 0.6 is 0 Å². The van der Waals surface area contributed by atoms with Crippen molar-refractivity contribution in [2.75, 3.05) is 13.2 Å². The standard InChI is InChI=1S/C32H37N3O2/c1-6-9-32(24(7-2)8-3)37-21-30-29-19-26(10-11-31(29)35(34-30)22(4)5)28-17-23(20-33)16-27(18-28)25-12-14-36-15-13-25/h6-7,9-11,16-19,22,25H,2,8,12-15,21H2,1,3-5H3/b9-6-,32-24-. The molecule has 0 saturated carbocycles. The third kappa shape index (κ3) is 5.87. The smallest absolute Gasteiger partial charge is 0.133 e. The van der Waals surface area contributed by atoms with Gasteiger partial charge in [0.25, 0.3) is 0 Å². The number of hydrogen-bond donors (Lipinski definition) is 0. The van der Waals surface area contributed by atoms with Crippen molar-refractivity contribution in [1.29, 1.82) is 5.26 Å². The first-order valence-corrected chi connectivity index (χ1v) is 13.2. The Bertz CT molecular complexity index is 1360. The quantitative estimate of drug-likeness (QED) is 0.223. The fraction of sp³-hybridized carbons (Fsp3) is 0.375. The zero-order valence-electron chi connectivity index (χ0n) is 22.5. The number of aromatic nitrogens is 2. The van der Waals surface area contributed by atoms with Gasteiger partial charge in [-0.1, -0.05) is 37.8 Å². The summed E-state index contributed by atoms with van der Waals surface area (Å²) in [6.45, 7) is 14.2. The van der Waals surface area contributed by atoms with Crippen molar-refractivity contribution in [2.45, 2.75) is 65.5 Å². The topological polar surface area (TPSA) is 60.1 Å². The van der Waals surface area contributed by atoms with E-state index in [2.05, 4.69) is 62.4 Å². The third-order valence-corrected chi connectivity index (χ3v) is 7.01. The molecule has 0 unspecified atom stereocenters. The van der Waals surface area contributed by atoms with Gasteiger partial charge in [0.15, 0.2) is 0 Å². The van der Waals surface area contributed by atoms with Gasteiger partial charge in [-0.05, 0) is 98.6 Å². The molecule has 5 nitrogen and oxygen atoms in total. The highest BCUT2D eigenvalue weighted by Gasteiger charge is 2.19. The van der Waals surface area contributed by atoms with Crippen LogP contribution in [0.15, 0.2) is 72.5 Å². The number of benzene rings is 2. The molecule has 0 atom stereocenters. The highest BCUT2D eigenvalue weighted by molar-refractivity contribution is 5.87. The van der Waals surface area contributed by atoms with E-state index in [1.54, 1.807) is 0 Å². The van der Waals surface area contributed by atoms with Crippen LogP contribution in [0, 0.1) is 11.3 Å². The largest absolute Gasteiger partial charge is 0.487 e. The molecule has 37 heavy (non-hydrogen) atoms. The maximum atomic E-state index is 9.74. The molecule has 1 aliphatic rings. The zero-order valence-corrected chi connectivity index (χ0v) is 22.5. The summed E-state index contributed by atoms with van der Waals surface area (Å²) < 4.78 is 13.9. The van der Waals surface area contributed by atoms with Gasteiger partial charge in [-0.3, -0.25) is 4.68 Å². The van der Waals surface area contributed by atoms with E-state index in [1.165, 1.54) is 5.56 Å². The Labute approximate surface area is 220 Å². The average Bonchev–Trinajstić information content (AvgIpc) is 3.30. The second kappa shape index (κ2) is 12.1. The second-order valence-electron chi connectivity index (χ2n) is 9.79. The van der Waals surface area contributed by atoms with E-state index >= 15 is 0 Å². The summed E-state index contributed by atoms with van der Waals surface area (Å²) in [5.74, 6) is 1.25. The molecule has 192 valence electrons. The van der Waals surface area contributed by atoms with Crippen LogP contribution in [-0.4, -0.2) is 23.0 Å². The maximum Gasteiger partial charge on any atom is 0.133 e. The first kappa shape index (κ1) is 26.4. The van der Waals surface area contributed by atoms with Crippen molar-refractivity contribution in [3.63, 3.8) is 0 Å². The lowest BCUT2D eigenvalue weighted by Gasteiger charge is -2.23. The molecule has 1 aromatic heterocycles. The molecule has 2 aromatic carbocycles. The predicted octanol–water partition coefficient (Wildman–Crippen LogP) is 7.99. The molecular weight excluding hydrogens is 458 g/mol. The van der Waals surface area contributed by atoms with E-state index < -0.39 is 0 Å². The summed E-state index contributed by atoms with van der Waals surface area (Å²) in [4.78, 5) is 0. The summed E-state index contributed by atoms with van der Waals surface area (Å²) in [5.41, 5.74) is 7.09. The molecule has 0 aliphatic carbocycles.